The zero-order chi connectivity index (χ0) is 19.1. The molecule has 0 heterocycles. The lowest BCUT2D eigenvalue weighted by Gasteiger charge is -2.29. The molecular weight excluding hydrogens is 336 g/mol. The van der Waals surface area contributed by atoms with E-state index in [0.717, 1.165) is 25.7 Å². The summed E-state index contributed by atoms with van der Waals surface area (Å²) in [5, 5.41) is 0. The molecule has 0 saturated heterocycles. The Labute approximate surface area is 154 Å². The molecule has 7 nitrogen and oxygen atoms in total. The zero-order valence-electron chi connectivity index (χ0n) is 15.6. The summed E-state index contributed by atoms with van der Waals surface area (Å²) in [6.45, 7) is 1.83. The number of rotatable bonds is 7. The summed E-state index contributed by atoms with van der Waals surface area (Å²) in [5.74, 6) is 0.452. The number of likely N-dealkylation sites (N-methyl/N-ethyl adjacent to an activating group) is 1. The van der Waals surface area contributed by atoms with Crippen LogP contribution in [0.1, 0.15) is 43.0 Å². The molecule has 0 aliphatic heterocycles. The molecule has 1 amide bonds. The van der Waals surface area contributed by atoms with Gasteiger partial charge in [0.25, 0.3) is 0 Å². The van der Waals surface area contributed by atoms with E-state index in [2.05, 4.69) is 0 Å². The number of benzene rings is 1. The third-order valence-corrected chi connectivity index (χ3v) is 4.72. The Morgan fingerprint density at radius 1 is 1.19 bits per heavy atom. The van der Waals surface area contributed by atoms with Gasteiger partial charge in [0, 0.05) is 25.8 Å². The van der Waals surface area contributed by atoms with E-state index in [9.17, 15) is 9.59 Å². The second-order valence-electron chi connectivity index (χ2n) is 6.65. The van der Waals surface area contributed by atoms with Crippen LogP contribution in [-0.2, 0) is 9.47 Å². The second kappa shape index (κ2) is 9.54. The first kappa shape index (κ1) is 20.2. The van der Waals surface area contributed by atoms with Crippen molar-refractivity contribution in [1.29, 1.82) is 0 Å². The van der Waals surface area contributed by atoms with Gasteiger partial charge in [0.1, 0.15) is 11.9 Å². The first-order valence-electron chi connectivity index (χ1n) is 8.87. The van der Waals surface area contributed by atoms with E-state index >= 15 is 0 Å². The number of nitrogens with two attached hydrogens (primary N) is 1. The molecule has 0 radical (unpaired) electrons. The highest BCUT2D eigenvalue weighted by Crippen LogP contribution is 2.21. The normalized spacial score (nSPS) is 20.9. The van der Waals surface area contributed by atoms with Crippen LogP contribution in [0.3, 0.4) is 0 Å². The maximum Gasteiger partial charge on any atom is 0.410 e. The van der Waals surface area contributed by atoms with Crippen LogP contribution in [0.25, 0.3) is 0 Å². The maximum atomic E-state index is 12.6. The molecule has 26 heavy (non-hydrogen) atoms. The molecule has 1 aromatic carbocycles. The first-order valence-corrected chi connectivity index (χ1v) is 8.87. The molecular formula is C19H28N2O5. The molecule has 7 heteroatoms. The molecule has 0 bridgehead atoms. The lowest BCUT2D eigenvalue weighted by molar-refractivity contribution is 0.0398. The number of nitrogens with zero attached hydrogens (tertiary/aromatic N) is 1. The van der Waals surface area contributed by atoms with Crippen LogP contribution in [0.5, 0.6) is 5.75 Å². The van der Waals surface area contributed by atoms with Crippen LogP contribution in [0, 0.1) is 0 Å². The average molecular weight is 364 g/mol. The van der Waals surface area contributed by atoms with Gasteiger partial charge in [-0.05, 0) is 56.9 Å². The lowest BCUT2D eigenvalue weighted by Crippen LogP contribution is -2.43. The quantitative estimate of drug-likeness (QED) is 0.591. The highest BCUT2D eigenvalue weighted by Gasteiger charge is 2.28. The minimum atomic E-state index is -0.626. The molecule has 1 saturated carbocycles. The van der Waals surface area contributed by atoms with Crippen molar-refractivity contribution in [2.75, 3.05) is 21.0 Å². The summed E-state index contributed by atoms with van der Waals surface area (Å²) in [6, 6.07) is 6.31. The van der Waals surface area contributed by atoms with Crippen molar-refractivity contribution in [2.45, 2.75) is 50.8 Å². The van der Waals surface area contributed by atoms with E-state index in [1.165, 1.54) is 12.0 Å². The van der Waals surface area contributed by atoms with Crippen molar-refractivity contribution >= 4 is 11.9 Å². The van der Waals surface area contributed by atoms with Gasteiger partial charge < -0.3 is 24.8 Å². The van der Waals surface area contributed by atoms with Crippen LogP contribution in [0.4, 0.5) is 4.79 Å². The fourth-order valence-electron chi connectivity index (χ4n) is 2.85. The number of carbonyl (C=O) groups excluding carboxylic acids is 2. The van der Waals surface area contributed by atoms with Gasteiger partial charge in [-0.3, -0.25) is 4.79 Å². The topological polar surface area (TPSA) is 91.1 Å². The maximum absolute atomic E-state index is 12.6. The Hall–Kier alpha value is -2.12. The van der Waals surface area contributed by atoms with Crippen molar-refractivity contribution in [1.82, 2.24) is 4.90 Å². The molecule has 0 aromatic heterocycles. The van der Waals surface area contributed by atoms with Gasteiger partial charge in [-0.15, -0.1) is 0 Å². The van der Waals surface area contributed by atoms with Gasteiger partial charge in [0.2, 0.25) is 0 Å². The predicted molar refractivity (Wildman–Crippen MR) is 97.2 cm³/mol. The smallest absolute Gasteiger partial charge is 0.410 e. The number of amides is 1. The molecule has 2 N–H and O–H groups in total. The molecule has 1 aromatic rings. The van der Waals surface area contributed by atoms with Crippen molar-refractivity contribution in [2.24, 2.45) is 5.73 Å². The third kappa shape index (κ3) is 5.44. The van der Waals surface area contributed by atoms with E-state index in [4.69, 9.17) is 19.9 Å². The molecule has 144 valence electrons. The Morgan fingerprint density at radius 3 is 2.38 bits per heavy atom. The van der Waals surface area contributed by atoms with E-state index in [0.29, 0.717) is 11.3 Å². The number of ether oxygens (including phenoxy) is 3. The molecule has 2 rings (SSSR count). The van der Waals surface area contributed by atoms with Gasteiger partial charge in [-0.1, -0.05) is 0 Å². The Kier molecular flexibility index (Phi) is 7.41. The summed E-state index contributed by atoms with van der Waals surface area (Å²) >= 11 is 0. The number of ketones is 1. The largest absolute Gasteiger partial charge is 0.468 e. The summed E-state index contributed by atoms with van der Waals surface area (Å²) in [4.78, 5) is 26.3. The predicted octanol–water partition coefficient (Wildman–Crippen LogP) is 2.58. The summed E-state index contributed by atoms with van der Waals surface area (Å²) < 4.78 is 15.7. The van der Waals surface area contributed by atoms with Gasteiger partial charge in [-0.2, -0.15) is 0 Å². The van der Waals surface area contributed by atoms with Crippen molar-refractivity contribution < 1.29 is 23.8 Å². The molecule has 1 aliphatic rings. The van der Waals surface area contributed by atoms with Crippen molar-refractivity contribution in [3.05, 3.63) is 29.8 Å². The Morgan fingerprint density at radius 2 is 1.81 bits per heavy atom. The standard InChI is InChI=1S/C19H28N2O5/c1-13(18(22)14-4-8-16(9-5-14)25-12-24-3)21(2)19(23)26-17-10-6-15(20)7-11-17/h4-5,8-9,13,15,17H,6-7,10-12,20H2,1-3H3. The second-order valence-corrected chi connectivity index (χ2v) is 6.65. The van der Waals surface area contributed by atoms with Crippen molar-refractivity contribution in [3.8, 4) is 5.75 Å². The monoisotopic (exact) mass is 364 g/mol. The fourth-order valence-corrected chi connectivity index (χ4v) is 2.85. The summed E-state index contributed by atoms with van der Waals surface area (Å²) in [6.07, 6.45) is 2.65. The van der Waals surface area contributed by atoms with E-state index in [1.54, 1.807) is 38.2 Å². The van der Waals surface area contributed by atoms with Crippen LogP contribution >= 0.6 is 0 Å². The Balaban J connectivity index is 1.90. The van der Waals surface area contributed by atoms with E-state index in [-0.39, 0.29) is 24.7 Å². The van der Waals surface area contributed by atoms with Crippen molar-refractivity contribution in [3.63, 3.8) is 0 Å². The minimum Gasteiger partial charge on any atom is -0.468 e. The Bertz CT molecular complexity index is 596. The van der Waals surface area contributed by atoms with Crippen LogP contribution < -0.4 is 10.5 Å². The highest BCUT2D eigenvalue weighted by molar-refractivity contribution is 6.01. The summed E-state index contributed by atoms with van der Waals surface area (Å²) in [7, 11) is 3.12. The zero-order valence-corrected chi connectivity index (χ0v) is 15.6. The minimum absolute atomic E-state index is 0.121. The SMILES string of the molecule is COCOc1ccc(C(=O)C(C)N(C)C(=O)OC2CCC(N)CC2)cc1. The number of hydrogen-bond acceptors (Lipinski definition) is 6. The third-order valence-electron chi connectivity index (χ3n) is 4.72. The molecule has 1 unspecified atom stereocenters. The lowest BCUT2D eigenvalue weighted by atomic mass is 9.94. The molecule has 1 fully saturated rings. The van der Waals surface area contributed by atoms with Crippen LogP contribution in [0.15, 0.2) is 24.3 Å². The molecule has 1 aliphatic carbocycles. The van der Waals surface area contributed by atoms with Crippen LogP contribution in [-0.4, -0.2) is 55.9 Å². The van der Waals surface area contributed by atoms with Gasteiger partial charge >= 0.3 is 6.09 Å². The van der Waals surface area contributed by atoms with Gasteiger partial charge in [0.15, 0.2) is 12.6 Å². The average Bonchev–Trinajstić information content (AvgIpc) is 2.66. The number of hydrogen-bond donors (Lipinski definition) is 1. The van der Waals surface area contributed by atoms with Crippen LogP contribution in [0.2, 0.25) is 0 Å². The number of Topliss-reactive ketones (excluding diaryl/α,β-unsaturated/α-hetero) is 1. The van der Waals surface area contributed by atoms with Gasteiger partial charge in [0.05, 0.1) is 6.04 Å². The molecule has 1 atom stereocenters. The first-order chi connectivity index (χ1) is 12.4. The van der Waals surface area contributed by atoms with Gasteiger partial charge in [-0.25, -0.2) is 4.79 Å². The van der Waals surface area contributed by atoms with E-state index < -0.39 is 12.1 Å². The fraction of sp³-hybridized carbons (Fsp3) is 0.579. The van der Waals surface area contributed by atoms with E-state index in [1.807, 2.05) is 0 Å². The summed E-state index contributed by atoms with van der Waals surface area (Å²) in [5.41, 5.74) is 6.37. The highest BCUT2D eigenvalue weighted by atomic mass is 16.7. The number of carbonyl (C=O) groups is 2. The number of methoxy groups -OCH3 is 1. The molecule has 0 spiro atoms.